The molecule has 1 aromatic rings. The van der Waals surface area contributed by atoms with Crippen molar-refractivity contribution in [2.75, 3.05) is 19.7 Å². The molecule has 0 radical (unpaired) electrons. The number of nitrogens with one attached hydrogen (secondary N) is 1. The third-order valence-electron chi connectivity index (χ3n) is 3.66. The molecule has 1 aromatic carbocycles. The molecule has 1 unspecified atom stereocenters. The predicted octanol–water partition coefficient (Wildman–Crippen LogP) is 3.10. The van der Waals surface area contributed by atoms with Gasteiger partial charge in [0.2, 0.25) is 11.5 Å². The molecule has 2 N–H and O–H groups in total. The maximum Gasteiger partial charge on any atom is 0.246 e. The largest absolute Gasteiger partial charge is 0.487 e. The smallest absolute Gasteiger partial charge is 0.246 e. The van der Waals surface area contributed by atoms with Crippen molar-refractivity contribution < 1.29 is 19.3 Å². The molecule has 1 heterocycles. The van der Waals surface area contributed by atoms with E-state index in [1.165, 1.54) is 19.3 Å². The van der Waals surface area contributed by atoms with E-state index in [-0.39, 0.29) is 6.61 Å². The first-order valence-corrected chi connectivity index (χ1v) is 8.54. The summed E-state index contributed by atoms with van der Waals surface area (Å²) in [6, 6.07) is 5.54. The number of aliphatic hydroxyl groups is 1. The Bertz CT molecular complexity index is 490. The average Bonchev–Trinajstić information content (AvgIpc) is 2.83. The second kappa shape index (κ2) is 8.41. The average molecular weight is 323 g/mol. The first-order valence-electron chi connectivity index (χ1n) is 8.54. The van der Waals surface area contributed by atoms with Crippen LogP contribution in [0.3, 0.4) is 0 Å². The van der Waals surface area contributed by atoms with Crippen LogP contribution < -0.4 is 19.5 Å². The van der Waals surface area contributed by atoms with Gasteiger partial charge in [0.15, 0.2) is 11.5 Å². The van der Waals surface area contributed by atoms with Gasteiger partial charge in [0.1, 0.15) is 12.7 Å². The van der Waals surface area contributed by atoms with Crippen molar-refractivity contribution in [3.8, 4) is 17.2 Å². The van der Waals surface area contributed by atoms with E-state index in [1.54, 1.807) is 0 Å². The van der Waals surface area contributed by atoms with E-state index in [0.717, 1.165) is 13.0 Å². The first-order chi connectivity index (χ1) is 11.0. The lowest BCUT2D eigenvalue weighted by molar-refractivity contribution is -0.0443. The summed E-state index contributed by atoms with van der Waals surface area (Å²) in [6.45, 7) is 7.60. The number of benzene rings is 1. The monoisotopic (exact) mass is 323 g/mol. The SMILES string of the molecule is CCCCCCNCC(O)COc1cccc2c1OC(C)(C)O2. The third kappa shape index (κ3) is 5.59. The zero-order valence-corrected chi connectivity index (χ0v) is 14.4. The summed E-state index contributed by atoms with van der Waals surface area (Å²) in [5, 5.41) is 13.3. The van der Waals surface area contributed by atoms with E-state index in [9.17, 15) is 5.11 Å². The van der Waals surface area contributed by atoms with Gasteiger partial charge in [0, 0.05) is 20.4 Å². The van der Waals surface area contributed by atoms with E-state index in [2.05, 4.69) is 12.2 Å². The van der Waals surface area contributed by atoms with Crippen molar-refractivity contribution in [2.45, 2.75) is 58.3 Å². The van der Waals surface area contributed by atoms with Crippen LogP contribution in [0.5, 0.6) is 17.2 Å². The molecular weight excluding hydrogens is 294 g/mol. The van der Waals surface area contributed by atoms with Gasteiger partial charge in [-0.1, -0.05) is 32.3 Å². The van der Waals surface area contributed by atoms with Gasteiger partial charge in [-0.2, -0.15) is 0 Å². The van der Waals surface area contributed by atoms with Gasteiger partial charge in [0.05, 0.1) is 0 Å². The molecule has 0 amide bonds. The molecule has 0 bridgehead atoms. The minimum Gasteiger partial charge on any atom is -0.487 e. The van der Waals surface area contributed by atoms with Gasteiger partial charge < -0.3 is 24.6 Å². The summed E-state index contributed by atoms with van der Waals surface area (Å²) in [4.78, 5) is 0. The van der Waals surface area contributed by atoms with Gasteiger partial charge in [0.25, 0.3) is 0 Å². The van der Waals surface area contributed by atoms with Crippen LogP contribution in [0.15, 0.2) is 18.2 Å². The Labute approximate surface area is 138 Å². The summed E-state index contributed by atoms with van der Waals surface area (Å²) in [6.07, 6.45) is 4.34. The molecule has 0 saturated heterocycles. The molecule has 1 aliphatic heterocycles. The molecule has 23 heavy (non-hydrogen) atoms. The number of hydrogen-bond acceptors (Lipinski definition) is 5. The standard InChI is InChI=1S/C18H29NO4/c1-4-5-6-7-11-19-12-14(20)13-21-15-9-8-10-16-17(15)23-18(2,3)22-16/h8-10,14,19-20H,4-7,11-13H2,1-3H3. The van der Waals surface area contributed by atoms with E-state index < -0.39 is 11.9 Å². The van der Waals surface area contributed by atoms with Crippen molar-refractivity contribution in [3.05, 3.63) is 18.2 Å². The van der Waals surface area contributed by atoms with Crippen LogP contribution in [0.25, 0.3) is 0 Å². The van der Waals surface area contributed by atoms with Gasteiger partial charge in [-0.25, -0.2) is 0 Å². The summed E-state index contributed by atoms with van der Waals surface area (Å²) < 4.78 is 17.1. The minimum atomic E-state index is -0.680. The molecule has 1 aliphatic rings. The second-order valence-corrected chi connectivity index (χ2v) is 6.42. The third-order valence-corrected chi connectivity index (χ3v) is 3.66. The highest BCUT2D eigenvalue weighted by atomic mass is 16.7. The Morgan fingerprint density at radius 2 is 2.04 bits per heavy atom. The number of hydrogen-bond donors (Lipinski definition) is 2. The Morgan fingerprint density at radius 1 is 1.22 bits per heavy atom. The molecule has 0 aliphatic carbocycles. The van der Waals surface area contributed by atoms with Gasteiger partial charge >= 0.3 is 0 Å². The van der Waals surface area contributed by atoms with E-state index in [4.69, 9.17) is 14.2 Å². The number of fused-ring (bicyclic) bond motifs is 1. The highest BCUT2D eigenvalue weighted by molar-refractivity contribution is 5.53. The number of rotatable bonds is 10. The molecular formula is C18H29NO4. The first kappa shape index (κ1) is 17.9. The molecule has 5 nitrogen and oxygen atoms in total. The summed E-state index contributed by atoms with van der Waals surface area (Å²) >= 11 is 0. The fourth-order valence-corrected chi connectivity index (χ4v) is 2.51. The van der Waals surface area contributed by atoms with Crippen molar-refractivity contribution in [1.29, 1.82) is 0 Å². The van der Waals surface area contributed by atoms with Gasteiger partial charge in [-0.05, 0) is 25.1 Å². The maximum atomic E-state index is 10.0. The topological polar surface area (TPSA) is 60.0 Å². The van der Waals surface area contributed by atoms with E-state index in [1.807, 2.05) is 32.0 Å². The summed E-state index contributed by atoms with van der Waals surface area (Å²) in [7, 11) is 0. The highest BCUT2D eigenvalue weighted by Crippen LogP contribution is 2.45. The fourth-order valence-electron chi connectivity index (χ4n) is 2.51. The molecule has 2 rings (SSSR count). The lowest BCUT2D eigenvalue weighted by Crippen LogP contribution is -2.32. The zero-order valence-electron chi connectivity index (χ0n) is 14.4. The van der Waals surface area contributed by atoms with Crippen molar-refractivity contribution in [3.63, 3.8) is 0 Å². The summed E-state index contributed by atoms with van der Waals surface area (Å²) in [5.74, 6) is 1.21. The quantitative estimate of drug-likeness (QED) is 0.648. The molecule has 5 heteroatoms. The highest BCUT2D eigenvalue weighted by Gasteiger charge is 2.34. The molecule has 0 fully saturated rings. The van der Waals surface area contributed by atoms with E-state index >= 15 is 0 Å². The minimum absolute atomic E-state index is 0.224. The van der Waals surface area contributed by atoms with Crippen molar-refractivity contribution >= 4 is 0 Å². The van der Waals surface area contributed by atoms with Crippen LogP contribution in [0.1, 0.15) is 46.5 Å². The number of ether oxygens (including phenoxy) is 3. The Kier molecular flexibility index (Phi) is 6.54. The van der Waals surface area contributed by atoms with Crippen LogP contribution in [0.4, 0.5) is 0 Å². The number of para-hydroxylation sites is 1. The maximum absolute atomic E-state index is 10.0. The number of aliphatic hydroxyl groups excluding tert-OH is 1. The fraction of sp³-hybridized carbons (Fsp3) is 0.667. The molecule has 0 saturated carbocycles. The van der Waals surface area contributed by atoms with Crippen molar-refractivity contribution in [1.82, 2.24) is 5.32 Å². The summed E-state index contributed by atoms with van der Waals surface area (Å²) in [5.41, 5.74) is 0. The molecule has 0 aromatic heterocycles. The predicted molar refractivity (Wildman–Crippen MR) is 90.3 cm³/mol. The normalized spacial score (nSPS) is 16.3. The van der Waals surface area contributed by atoms with E-state index in [0.29, 0.717) is 23.8 Å². The second-order valence-electron chi connectivity index (χ2n) is 6.42. The zero-order chi connectivity index (χ0) is 16.7. The molecule has 1 atom stereocenters. The van der Waals surface area contributed by atoms with Crippen LogP contribution in [-0.2, 0) is 0 Å². The lowest BCUT2D eigenvalue weighted by atomic mass is 10.2. The van der Waals surface area contributed by atoms with Gasteiger partial charge in [-0.15, -0.1) is 0 Å². The van der Waals surface area contributed by atoms with Crippen LogP contribution in [-0.4, -0.2) is 36.7 Å². The Balaban J connectivity index is 1.71. The van der Waals surface area contributed by atoms with Gasteiger partial charge in [-0.3, -0.25) is 0 Å². The molecule has 130 valence electrons. The molecule has 0 spiro atoms. The van der Waals surface area contributed by atoms with Crippen LogP contribution in [0.2, 0.25) is 0 Å². The lowest BCUT2D eigenvalue weighted by Gasteiger charge is -2.17. The van der Waals surface area contributed by atoms with Crippen LogP contribution >= 0.6 is 0 Å². The Morgan fingerprint density at radius 3 is 2.83 bits per heavy atom. The van der Waals surface area contributed by atoms with Crippen LogP contribution in [0, 0.1) is 0 Å². The number of unbranched alkanes of at least 4 members (excludes halogenated alkanes) is 3. The Hall–Kier alpha value is -1.46. The van der Waals surface area contributed by atoms with Crippen molar-refractivity contribution in [2.24, 2.45) is 0 Å².